The molecule has 0 amide bonds. The van der Waals surface area contributed by atoms with Crippen molar-refractivity contribution in [1.29, 1.82) is 0 Å². The van der Waals surface area contributed by atoms with Gasteiger partial charge in [0.25, 0.3) is 0 Å². The van der Waals surface area contributed by atoms with E-state index in [0.717, 1.165) is 12.1 Å². The number of hydrogen-bond donors (Lipinski definition) is 1. The molecule has 1 N–H and O–H groups in total. The van der Waals surface area contributed by atoms with Gasteiger partial charge in [-0.2, -0.15) is 0 Å². The van der Waals surface area contributed by atoms with E-state index in [4.69, 9.17) is 11.6 Å². The Kier molecular flexibility index (Phi) is 3.43. The topological polar surface area (TPSA) is 17.0 Å². The van der Waals surface area contributed by atoms with Gasteiger partial charge in [-0.3, -0.25) is 4.68 Å². The maximum Gasteiger partial charge on any atom is 0.0532 e. The second kappa shape index (κ2) is 4.38. The minimum absolute atomic E-state index is 0.778. The molecule has 3 heteroatoms. The van der Waals surface area contributed by atoms with E-state index in [-0.39, 0.29) is 0 Å². The number of halogens is 1. The fourth-order valence-corrected chi connectivity index (χ4v) is 1.24. The van der Waals surface area contributed by atoms with Gasteiger partial charge in [0.2, 0.25) is 0 Å². The highest BCUT2D eigenvalue weighted by Gasteiger charge is 1.98. The molecule has 0 aliphatic carbocycles. The van der Waals surface area contributed by atoms with E-state index in [9.17, 15) is 0 Å². The third-order valence-electron chi connectivity index (χ3n) is 1.97. The Morgan fingerprint density at radius 3 is 2.46 bits per heavy atom. The number of aryl methyl sites for hydroxylation is 2. The molecule has 2 nitrogen and oxygen atoms in total. The van der Waals surface area contributed by atoms with Gasteiger partial charge in [-0.15, -0.1) is 0 Å². The summed E-state index contributed by atoms with van der Waals surface area (Å²) in [6.07, 6.45) is 0. The molecule has 72 valence electrons. The maximum atomic E-state index is 5.56. The SMILES string of the molecule is C/C(=C/Cl)CNn1c(C)ccc1C. The molecule has 0 aliphatic rings. The minimum atomic E-state index is 0.778. The first-order valence-corrected chi connectivity index (χ1v) is 4.73. The van der Waals surface area contributed by atoms with E-state index in [1.54, 1.807) is 5.54 Å². The molecular weight excluding hydrogens is 184 g/mol. The largest absolute Gasteiger partial charge is 0.322 e. The lowest BCUT2D eigenvalue weighted by molar-refractivity contribution is 0.818. The Morgan fingerprint density at radius 2 is 2.00 bits per heavy atom. The molecule has 0 spiro atoms. The van der Waals surface area contributed by atoms with Crippen LogP contribution in [0.15, 0.2) is 23.2 Å². The summed E-state index contributed by atoms with van der Waals surface area (Å²) in [7, 11) is 0. The van der Waals surface area contributed by atoms with Gasteiger partial charge in [-0.05, 0) is 38.5 Å². The molecule has 0 saturated carbocycles. The van der Waals surface area contributed by atoms with Crippen molar-refractivity contribution in [3.05, 3.63) is 34.6 Å². The molecule has 0 aromatic carbocycles. The summed E-state index contributed by atoms with van der Waals surface area (Å²) < 4.78 is 2.06. The number of rotatable bonds is 3. The first kappa shape index (κ1) is 10.2. The van der Waals surface area contributed by atoms with Gasteiger partial charge in [-0.25, -0.2) is 0 Å². The summed E-state index contributed by atoms with van der Waals surface area (Å²) in [4.78, 5) is 0. The molecule has 1 aromatic rings. The Morgan fingerprint density at radius 1 is 1.46 bits per heavy atom. The highest BCUT2D eigenvalue weighted by molar-refractivity contribution is 6.25. The van der Waals surface area contributed by atoms with Crippen molar-refractivity contribution in [2.24, 2.45) is 0 Å². The number of nitrogens with one attached hydrogen (secondary N) is 1. The molecule has 0 aliphatic heterocycles. The summed E-state index contributed by atoms with van der Waals surface area (Å²) in [6, 6.07) is 4.17. The number of hydrogen-bond acceptors (Lipinski definition) is 1. The molecule has 0 radical (unpaired) electrons. The third-order valence-corrected chi connectivity index (χ3v) is 2.35. The van der Waals surface area contributed by atoms with Gasteiger partial charge in [-0.1, -0.05) is 11.6 Å². The molecule has 0 saturated heterocycles. The van der Waals surface area contributed by atoms with Crippen LogP contribution in [0.3, 0.4) is 0 Å². The average molecular weight is 199 g/mol. The Bertz CT molecular complexity index is 293. The van der Waals surface area contributed by atoms with Crippen molar-refractivity contribution < 1.29 is 0 Å². The second-order valence-electron chi connectivity index (χ2n) is 3.24. The van der Waals surface area contributed by atoms with Crippen LogP contribution in [0, 0.1) is 13.8 Å². The molecule has 13 heavy (non-hydrogen) atoms. The predicted molar refractivity (Wildman–Crippen MR) is 57.7 cm³/mol. The molecule has 0 bridgehead atoms. The summed E-state index contributed by atoms with van der Waals surface area (Å²) >= 11 is 5.56. The Labute approximate surface area is 84.2 Å². The maximum absolute atomic E-state index is 5.56. The Hall–Kier alpha value is -0.890. The van der Waals surface area contributed by atoms with Gasteiger partial charge >= 0.3 is 0 Å². The van der Waals surface area contributed by atoms with Crippen LogP contribution in [-0.4, -0.2) is 11.2 Å². The standard InChI is InChI=1S/C10H15ClN2/c1-8(6-11)7-12-13-9(2)4-5-10(13)3/h4-6,12H,7H2,1-3H3/b8-6-. The highest BCUT2D eigenvalue weighted by atomic mass is 35.5. The zero-order valence-electron chi connectivity index (χ0n) is 8.26. The van der Waals surface area contributed by atoms with Gasteiger partial charge < -0.3 is 5.43 Å². The van der Waals surface area contributed by atoms with E-state index in [2.05, 4.69) is 36.1 Å². The van der Waals surface area contributed by atoms with Crippen LogP contribution >= 0.6 is 11.6 Å². The van der Waals surface area contributed by atoms with Gasteiger partial charge in [0.1, 0.15) is 0 Å². The number of nitrogens with zero attached hydrogens (tertiary/aromatic N) is 1. The highest BCUT2D eigenvalue weighted by Crippen LogP contribution is 2.04. The van der Waals surface area contributed by atoms with Crippen molar-refractivity contribution >= 4 is 11.6 Å². The van der Waals surface area contributed by atoms with Crippen LogP contribution in [-0.2, 0) is 0 Å². The second-order valence-corrected chi connectivity index (χ2v) is 3.46. The normalized spacial score (nSPS) is 11.8. The lowest BCUT2D eigenvalue weighted by Crippen LogP contribution is -2.18. The molecule has 1 rings (SSSR count). The zero-order chi connectivity index (χ0) is 9.84. The summed E-state index contributed by atoms with van der Waals surface area (Å²) in [5.41, 5.74) is 8.41. The average Bonchev–Trinajstić information content (AvgIpc) is 2.43. The van der Waals surface area contributed by atoms with Crippen molar-refractivity contribution in [3.63, 3.8) is 0 Å². The van der Waals surface area contributed by atoms with Gasteiger partial charge in [0.15, 0.2) is 0 Å². The fourth-order valence-electron chi connectivity index (χ4n) is 1.16. The van der Waals surface area contributed by atoms with Crippen LogP contribution in [0.1, 0.15) is 18.3 Å². The summed E-state index contributed by atoms with van der Waals surface area (Å²) in [5.74, 6) is 0. The molecular formula is C10H15ClN2. The van der Waals surface area contributed by atoms with Crippen LogP contribution in [0.25, 0.3) is 0 Å². The van der Waals surface area contributed by atoms with Crippen LogP contribution in [0.2, 0.25) is 0 Å². The number of aromatic nitrogens is 1. The van der Waals surface area contributed by atoms with Gasteiger partial charge in [0.05, 0.1) is 6.54 Å². The fraction of sp³-hybridized carbons (Fsp3) is 0.400. The zero-order valence-corrected chi connectivity index (χ0v) is 9.02. The first-order chi connectivity index (χ1) is 6.15. The van der Waals surface area contributed by atoms with Crippen LogP contribution in [0.5, 0.6) is 0 Å². The lowest BCUT2D eigenvalue weighted by atomic mass is 10.4. The summed E-state index contributed by atoms with van der Waals surface area (Å²) in [5, 5.41) is 0. The summed E-state index contributed by atoms with van der Waals surface area (Å²) in [6.45, 7) is 6.91. The van der Waals surface area contributed by atoms with E-state index in [0.29, 0.717) is 0 Å². The van der Waals surface area contributed by atoms with E-state index in [1.165, 1.54) is 11.4 Å². The van der Waals surface area contributed by atoms with E-state index < -0.39 is 0 Å². The van der Waals surface area contributed by atoms with Crippen LogP contribution in [0.4, 0.5) is 0 Å². The lowest BCUT2D eigenvalue weighted by Gasteiger charge is -2.12. The molecule has 0 atom stereocenters. The van der Waals surface area contributed by atoms with Crippen molar-refractivity contribution in [3.8, 4) is 0 Å². The monoisotopic (exact) mass is 198 g/mol. The quantitative estimate of drug-likeness (QED) is 0.791. The van der Waals surface area contributed by atoms with Crippen molar-refractivity contribution in [2.45, 2.75) is 20.8 Å². The molecule has 1 aromatic heterocycles. The first-order valence-electron chi connectivity index (χ1n) is 4.30. The van der Waals surface area contributed by atoms with Crippen molar-refractivity contribution in [1.82, 2.24) is 4.68 Å². The van der Waals surface area contributed by atoms with Crippen molar-refractivity contribution in [2.75, 3.05) is 12.0 Å². The molecule has 0 fully saturated rings. The molecule has 0 unspecified atom stereocenters. The smallest absolute Gasteiger partial charge is 0.0532 e. The van der Waals surface area contributed by atoms with Crippen LogP contribution < -0.4 is 5.43 Å². The Balaban J connectivity index is 2.64. The van der Waals surface area contributed by atoms with E-state index in [1.807, 2.05) is 6.92 Å². The van der Waals surface area contributed by atoms with Gasteiger partial charge in [0, 0.05) is 16.9 Å². The molecule has 1 heterocycles. The minimum Gasteiger partial charge on any atom is -0.322 e. The van der Waals surface area contributed by atoms with E-state index >= 15 is 0 Å². The predicted octanol–water partition coefficient (Wildman–Crippen LogP) is 2.79. The third kappa shape index (κ3) is 2.52.